The summed E-state index contributed by atoms with van der Waals surface area (Å²) in [5, 5.41) is 15.7. The second-order valence-corrected chi connectivity index (χ2v) is 8.85. The summed E-state index contributed by atoms with van der Waals surface area (Å²) in [4.78, 5) is 22.4. The number of anilines is 1. The van der Waals surface area contributed by atoms with E-state index < -0.39 is 0 Å². The number of benzene rings is 1. The summed E-state index contributed by atoms with van der Waals surface area (Å²) in [5.74, 6) is 1.47. The molecule has 0 saturated heterocycles. The molecule has 4 aromatic rings. The number of hydrogen-bond donors (Lipinski definition) is 2. The molecule has 9 heteroatoms. The minimum Gasteiger partial charge on any atom is -0.326 e. The zero-order chi connectivity index (χ0) is 19.2. The van der Waals surface area contributed by atoms with Crippen molar-refractivity contribution in [3.05, 3.63) is 74.6 Å². The lowest BCUT2D eigenvalue weighted by atomic mass is 10.3. The largest absolute Gasteiger partial charge is 0.326 e. The molecule has 1 amide bonds. The third-order valence-electron chi connectivity index (χ3n) is 3.75. The lowest BCUT2D eigenvalue weighted by Gasteiger charge is -2.02. The number of rotatable bonds is 8. The Kier molecular flexibility index (Phi) is 6.15. The van der Waals surface area contributed by atoms with Crippen molar-refractivity contribution >= 4 is 46.0 Å². The molecule has 28 heavy (non-hydrogen) atoms. The molecule has 3 aromatic heterocycles. The molecule has 0 aliphatic rings. The summed E-state index contributed by atoms with van der Waals surface area (Å²) in [6, 6.07) is 13.6. The van der Waals surface area contributed by atoms with Gasteiger partial charge in [-0.2, -0.15) is 0 Å². The number of thioether (sulfide) groups is 1. The van der Waals surface area contributed by atoms with Gasteiger partial charge < -0.3 is 5.32 Å². The van der Waals surface area contributed by atoms with Gasteiger partial charge in [0.15, 0.2) is 0 Å². The summed E-state index contributed by atoms with van der Waals surface area (Å²) in [6.45, 7) is 0. The van der Waals surface area contributed by atoms with E-state index in [4.69, 9.17) is 0 Å². The topological polar surface area (TPSA) is 83.6 Å². The van der Waals surface area contributed by atoms with Gasteiger partial charge in [-0.15, -0.1) is 27.8 Å². The summed E-state index contributed by atoms with van der Waals surface area (Å²) >= 11 is 4.74. The smallest absolute Gasteiger partial charge is 0.231 e. The van der Waals surface area contributed by atoms with Gasteiger partial charge in [-0.1, -0.05) is 36.0 Å². The van der Waals surface area contributed by atoms with Crippen molar-refractivity contribution in [1.29, 1.82) is 0 Å². The Morgan fingerprint density at radius 3 is 2.82 bits per heavy atom. The molecule has 4 rings (SSSR count). The Labute approximate surface area is 174 Å². The Morgan fingerprint density at radius 1 is 1.11 bits per heavy atom. The fourth-order valence-electron chi connectivity index (χ4n) is 2.50. The summed E-state index contributed by atoms with van der Waals surface area (Å²) in [6.07, 6.45) is 1.04. The molecule has 142 valence electrons. The highest BCUT2D eigenvalue weighted by atomic mass is 32.2. The lowest BCUT2D eigenvalue weighted by molar-refractivity contribution is -0.115. The van der Waals surface area contributed by atoms with E-state index in [0.29, 0.717) is 10.9 Å². The molecule has 0 fully saturated rings. The average molecular weight is 428 g/mol. The zero-order valence-electron chi connectivity index (χ0n) is 14.8. The quantitative estimate of drug-likeness (QED) is 0.408. The standard InChI is InChI=1S/C19H17N5OS3/c25-17(20-13-5-2-1-3-6-13)10-18-21-14(11-27-18)12-28-19-22-16(23-24-19)9-15-7-4-8-26-15/h1-8,11H,9-10,12H2,(H,20,25)(H,22,23,24). The molecule has 3 heterocycles. The van der Waals surface area contributed by atoms with Gasteiger partial charge in [-0.25, -0.2) is 9.97 Å². The van der Waals surface area contributed by atoms with Crippen molar-refractivity contribution in [2.24, 2.45) is 0 Å². The minimum absolute atomic E-state index is 0.0630. The molecule has 0 aliphatic carbocycles. The van der Waals surface area contributed by atoms with Gasteiger partial charge in [0.2, 0.25) is 11.1 Å². The Balaban J connectivity index is 1.27. The molecular formula is C19H17N5OS3. The van der Waals surface area contributed by atoms with E-state index in [0.717, 1.165) is 28.6 Å². The highest BCUT2D eigenvalue weighted by molar-refractivity contribution is 7.98. The fourth-order valence-corrected chi connectivity index (χ4v) is 4.82. The molecule has 0 radical (unpaired) electrons. The third kappa shape index (κ3) is 5.28. The molecular weight excluding hydrogens is 410 g/mol. The summed E-state index contributed by atoms with van der Waals surface area (Å²) in [7, 11) is 0. The third-order valence-corrected chi connectivity index (χ3v) is 6.41. The van der Waals surface area contributed by atoms with Crippen molar-refractivity contribution in [2.45, 2.75) is 23.8 Å². The highest BCUT2D eigenvalue weighted by Gasteiger charge is 2.10. The van der Waals surface area contributed by atoms with Crippen LogP contribution in [0.3, 0.4) is 0 Å². The number of carbonyl (C=O) groups is 1. The number of thiazole rings is 1. The van der Waals surface area contributed by atoms with Crippen LogP contribution in [0.1, 0.15) is 21.4 Å². The summed E-state index contributed by atoms with van der Waals surface area (Å²) in [5.41, 5.74) is 1.73. The number of nitrogens with zero attached hydrogens (tertiary/aromatic N) is 3. The number of amides is 1. The molecule has 0 spiro atoms. The molecule has 0 atom stereocenters. The minimum atomic E-state index is -0.0630. The first kappa shape index (κ1) is 18.9. The highest BCUT2D eigenvalue weighted by Crippen LogP contribution is 2.22. The molecule has 1 aromatic carbocycles. The number of aromatic amines is 1. The van der Waals surface area contributed by atoms with E-state index in [2.05, 4.69) is 36.9 Å². The predicted octanol–water partition coefficient (Wildman–Crippen LogP) is 4.39. The van der Waals surface area contributed by atoms with Gasteiger partial charge in [-0.05, 0) is 23.6 Å². The number of carbonyl (C=O) groups excluding carboxylic acids is 1. The number of aromatic nitrogens is 4. The van der Waals surface area contributed by atoms with Crippen LogP contribution in [0.2, 0.25) is 0 Å². The van der Waals surface area contributed by atoms with Crippen molar-refractivity contribution < 1.29 is 4.79 Å². The molecule has 6 nitrogen and oxygen atoms in total. The van der Waals surface area contributed by atoms with Crippen LogP contribution in [0.5, 0.6) is 0 Å². The van der Waals surface area contributed by atoms with Gasteiger partial charge in [0.05, 0.1) is 12.1 Å². The maximum atomic E-state index is 12.1. The van der Waals surface area contributed by atoms with Crippen LogP contribution >= 0.6 is 34.4 Å². The van der Waals surface area contributed by atoms with Crippen LogP contribution in [0, 0.1) is 0 Å². The number of hydrogen-bond acceptors (Lipinski definition) is 7. The number of H-pyrrole nitrogens is 1. The molecule has 0 aliphatic heterocycles. The van der Waals surface area contributed by atoms with Crippen LogP contribution in [-0.2, 0) is 23.4 Å². The Hall–Kier alpha value is -2.49. The second-order valence-electron chi connectivity index (χ2n) is 5.93. The zero-order valence-corrected chi connectivity index (χ0v) is 17.2. The monoisotopic (exact) mass is 427 g/mol. The molecule has 0 unspecified atom stereocenters. The van der Waals surface area contributed by atoms with E-state index in [1.807, 2.05) is 41.8 Å². The van der Waals surface area contributed by atoms with Crippen LogP contribution < -0.4 is 5.32 Å². The fraction of sp³-hybridized carbons (Fsp3) is 0.158. The van der Waals surface area contributed by atoms with Crippen LogP contribution in [0.4, 0.5) is 5.69 Å². The van der Waals surface area contributed by atoms with E-state index in [1.54, 1.807) is 11.3 Å². The van der Waals surface area contributed by atoms with E-state index in [9.17, 15) is 4.79 Å². The van der Waals surface area contributed by atoms with Crippen molar-refractivity contribution in [2.75, 3.05) is 5.32 Å². The van der Waals surface area contributed by atoms with Crippen molar-refractivity contribution in [3.63, 3.8) is 0 Å². The van der Waals surface area contributed by atoms with Gasteiger partial charge in [0, 0.05) is 28.1 Å². The molecule has 0 bridgehead atoms. The maximum Gasteiger partial charge on any atom is 0.231 e. The van der Waals surface area contributed by atoms with Gasteiger partial charge in [-0.3, -0.25) is 9.89 Å². The van der Waals surface area contributed by atoms with Crippen LogP contribution in [0.15, 0.2) is 58.4 Å². The van der Waals surface area contributed by atoms with Crippen LogP contribution in [0.25, 0.3) is 0 Å². The average Bonchev–Trinajstić information content (AvgIpc) is 3.44. The number of nitrogens with one attached hydrogen (secondary N) is 2. The van der Waals surface area contributed by atoms with Crippen molar-refractivity contribution in [3.8, 4) is 0 Å². The summed E-state index contributed by atoms with van der Waals surface area (Å²) < 4.78 is 0. The number of para-hydroxylation sites is 1. The second kappa shape index (κ2) is 9.13. The van der Waals surface area contributed by atoms with Gasteiger partial charge >= 0.3 is 0 Å². The van der Waals surface area contributed by atoms with E-state index in [-0.39, 0.29) is 12.3 Å². The number of thiophene rings is 1. The first-order chi connectivity index (χ1) is 13.7. The maximum absolute atomic E-state index is 12.1. The predicted molar refractivity (Wildman–Crippen MR) is 114 cm³/mol. The van der Waals surface area contributed by atoms with Gasteiger partial charge in [0.25, 0.3) is 0 Å². The molecule has 0 saturated carbocycles. The van der Waals surface area contributed by atoms with Crippen LogP contribution in [-0.4, -0.2) is 26.1 Å². The van der Waals surface area contributed by atoms with Crippen molar-refractivity contribution in [1.82, 2.24) is 20.2 Å². The SMILES string of the molecule is O=C(Cc1nc(CSc2n[nH]c(Cc3cccs3)n2)cs1)Nc1ccccc1. The Morgan fingerprint density at radius 2 is 2.00 bits per heavy atom. The first-order valence-electron chi connectivity index (χ1n) is 8.59. The Bertz CT molecular complexity index is 1030. The van der Waals surface area contributed by atoms with E-state index >= 15 is 0 Å². The van der Waals surface area contributed by atoms with Gasteiger partial charge in [0.1, 0.15) is 10.8 Å². The lowest BCUT2D eigenvalue weighted by Crippen LogP contribution is -2.14. The normalized spacial score (nSPS) is 10.9. The van der Waals surface area contributed by atoms with E-state index in [1.165, 1.54) is 28.0 Å². The first-order valence-corrected chi connectivity index (χ1v) is 11.3. The molecule has 2 N–H and O–H groups in total.